The van der Waals surface area contributed by atoms with Gasteiger partial charge < -0.3 is 19.4 Å². The molecule has 3 aromatic rings. The molecular formula is C18H14O6. The van der Waals surface area contributed by atoms with Gasteiger partial charge in [-0.3, -0.25) is 9.59 Å². The average molecular weight is 326 g/mol. The van der Waals surface area contributed by atoms with E-state index < -0.39 is 5.97 Å². The van der Waals surface area contributed by atoms with Crippen LogP contribution in [0.25, 0.3) is 22.3 Å². The summed E-state index contributed by atoms with van der Waals surface area (Å²) in [5.74, 6) is -0.264. The number of hydrogen-bond donors (Lipinski definition) is 2. The van der Waals surface area contributed by atoms with Crippen molar-refractivity contribution >= 4 is 16.9 Å². The Morgan fingerprint density at radius 1 is 1.17 bits per heavy atom. The molecule has 2 aromatic carbocycles. The van der Waals surface area contributed by atoms with E-state index >= 15 is 0 Å². The zero-order valence-corrected chi connectivity index (χ0v) is 12.8. The minimum Gasteiger partial charge on any atom is -0.508 e. The second-order valence-electron chi connectivity index (χ2n) is 5.25. The molecule has 3 rings (SSSR count). The third-order valence-electron chi connectivity index (χ3n) is 3.61. The Bertz CT molecular complexity index is 969. The number of phenolic OH excluding ortho intramolecular Hbond substituents is 1. The van der Waals surface area contributed by atoms with E-state index in [9.17, 15) is 14.7 Å². The van der Waals surface area contributed by atoms with Gasteiger partial charge in [-0.25, -0.2) is 0 Å². The summed E-state index contributed by atoms with van der Waals surface area (Å²) in [6.45, 7) is 0. The lowest BCUT2D eigenvalue weighted by molar-refractivity contribution is -0.136. The molecule has 6 heteroatoms. The van der Waals surface area contributed by atoms with Crippen molar-refractivity contribution in [2.45, 2.75) is 6.42 Å². The Balaban J connectivity index is 2.19. The van der Waals surface area contributed by atoms with Crippen LogP contribution in [0.4, 0.5) is 0 Å². The lowest BCUT2D eigenvalue weighted by Gasteiger charge is -2.08. The Labute approximate surface area is 136 Å². The molecule has 0 spiro atoms. The Hall–Kier alpha value is -3.28. The maximum Gasteiger partial charge on any atom is 0.307 e. The number of aliphatic carboxylic acids is 1. The molecule has 2 N–H and O–H groups in total. The number of fused-ring (bicyclic) bond motifs is 1. The predicted octanol–water partition coefficient (Wildman–Crippen LogP) is 2.80. The number of aromatic hydroxyl groups is 1. The molecule has 0 fully saturated rings. The van der Waals surface area contributed by atoms with Crippen molar-refractivity contribution in [2.75, 3.05) is 7.11 Å². The van der Waals surface area contributed by atoms with Crippen LogP contribution < -0.4 is 10.2 Å². The fraction of sp³-hybridized carbons (Fsp3) is 0.111. The summed E-state index contributed by atoms with van der Waals surface area (Å²) in [6, 6.07) is 10.8. The first kappa shape index (κ1) is 15.6. The largest absolute Gasteiger partial charge is 0.508 e. The van der Waals surface area contributed by atoms with Gasteiger partial charge in [-0.05, 0) is 35.9 Å². The summed E-state index contributed by atoms with van der Waals surface area (Å²) in [5, 5.41) is 18.9. The minimum atomic E-state index is -1.10. The van der Waals surface area contributed by atoms with Crippen LogP contribution in [0.5, 0.6) is 11.5 Å². The molecule has 24 heavy (non-hydrogen) atoms. The highest BCUT2D eigenvalue weighted by atomic mass is 16.5. The average Bonchev–Trinajstić information content (AvgIpc) is 2.53. The number of carbonyl (C=O) groups is 1. The molecule has 0 saturated carbocycles. The lowest BCUT2D eigenvalue weighted by Crippen LogP contribution is -2.08. The highest BCUT2D eigenvalue weighted by Gasteiger charge is 2.14. The van der Waals surface area contributed by atoms with Crippen LogP contribution in [0, 0.1) is 0 Å². The number of rotatable bonds is 4. The summed E-state index contributed by atoms with van der Waals surface area (Å²) in [6.07, 6.45) is -0.377. The summed E-state index contributed by atoms with van der Waals surface area (Å²) in [7, 11) is 1.55. The van der Waals surface area contributed by atoms with Gasteiger partial charge in [0.25, 0.3) is 0 Å². The quantitative estimate of drug-likeness (QED) is 0.765. The minimum absolute atomic E-state index is 0.143. The van der Waals surface area contributed by atoms with Crippen LogP contribution in [0.1, 0.15) is 5.56 Å². The second-order valence-corrected chi connectivity index (χ2v) is 5.25. The normalized spacial score (nSPS) is 10.7. The second kappa shape index (κ2) is 6.08. The van der Waals surface area contributed by atoms with Crippen LogP contribution in [0.3, 0.4) is 0 Å². The zero-order valence-electron chi connectivity index (χ0n) is 12.8. The van der Waals surface area contributed by atoms with Gasteiger partial charge in [0.1, 0.15) is 22.8 Å². The van der Waals surface area contributed by atoms with Crippen molar-refractivity contribution in [3.8, 4) is 22.8 Å². The van der Waals surface area contributed by atoms with Crippen molar-refractivity contribution < 1.29 is 24.2 Å². The van der Waals surface area contributed by atoms with E-state index in [0.717, 1.165) is 0 Å². The van der Waals surface area contributed by atoms with E-state index in [2.05, 4.69) is 0 Å². The molecule has 0 unspecified atom stereocenters. The van der Waals surface area contributed by atoms with Crippen molar-refractivity contribution in [1.29, 1.82) is 0 Å². The van der Waals surface area contributed by atoms with Gasteiger partial charge in [-0.15, -0.1) is 0 Å². The Kier molecular flexibility index (Phi) is 3.95. The molecule has 1 aromatic heterocycles. The summed E-state index contributed by atoms with van der Waals surface area (Å²) < 4.78 is 10.8. The maximum absolute atomic E-state index is 12.5. The predicted molar refractivity (Wildman–Crippen MR) is 87.5 cm³/mol. The smallest absolute Gasteiger partial charge is 0.307 e. The monoisotopic (exact) mass is 326 g/mol. The summed E-state index contributed by atoms with van der Waals surface area (Å²) >= 11 is 0. The number of phenols is 1. The van der Waals surface area contributed by atoms with Crippen LogP contribution in [-0.4, -0.2) is 23.3 Å². The van der Waals surface area contributed by atoms with E-state index in [1.54, 1.807) is 31.4 Å². The van der Waals surface area contributed by atoms with Gasteiger partial charge >= 0.3 is 5.97 Å². The third-order valence-corrected chi connectivity index (χ3v) is 3.61. The first-order valence-corrected chi connectivity index (χ1v) is 7.14. The number of carboxylic acids is 1. The van der Waals surface area contributed by atoms with Crippen LogP contribution >= 0.6 is 0 Å². The lowest BCUT2D eigenvalue weighted by atomic mass is 10.0. The molecule has 0 atom stereocenters. The summed E-state index contributed by atoms with van der Waals surface area (Å²) in [5.41, 5.74) is 0.661. The molecule has 0 bridgehead atoms. The van der Waals surface area contributed by atoms with Crippen LogP contribution in [0.15, 0.2) is 51.7 Å². The maximum atomic E-state index is 12.5. The first-order chi connectivity index (χ1) is 11.5. The van der Waals surface area contributed by atoms with Crippen molar-refractivity contribution in [3.05, 3.63) is 58.3 Å². The van der Waals surface area contributed by atoms with E-state index in [-0.39, 0.29) is 34.1 Å². The molecule has 122 valence electrons. The van der Waals surface area contributed by atoms with E-state index in [0.29, 0.717) is 17.1 Å². The van der Waals surface area contributed by atoms with Gasteiger partial charge in [0.05, 0.1) is 18.9 Å². The molecule has 0 radical (unpaired) electrons. The van der Waals surface area contributed by atoms with Gasteiger partial charge in [-0.2, -0.15) is 0 Å². The van der Waals surface area contributed by atoms with E-state index in [4.69, 9.17) is 14.3 Å². The number of benzene rings is 2. The SMILES string of the molecule is COc1ccc(-c2cc(=O)c3c(CC(=O)O)cc(O)cc3o2)cc1. The van der Waals surface area contributed by atoms with Gasteiger partial charge in [-0.1, -0.05) is 0 Å². The molecule has 1 heterocycles. The van der Waals surface area contributed by atoms with Crippen molar-refractivity contribution in [2.24, 2.45) is 0 Å². The topological polar surface area (TPSA) is 97.0 Å². The fourth-order valence-electron chi connectivity index (χ4n) is 2.56. The summed E-state index contributed by atoms with van der Waals surface area (Å²) in [4.78, 5) is 23.4. The molecule has 0 amide bonds. The molecule has 0 saturated heterocycles. The van der Waals surface area contributed by atoms with E-state index in [1.807, 2.05) is 0 Å². The van der Waals surface area contributed by atoms with Crippen LogP contribution in [-0.2, 0) is 11.2 Å². The van der Waals surface area contributed by atoms with Crippen LogP contribution in [0.2, 0.25) is 0 Å². The molecular weight excluding hydrogens is 312 g/mol. The third kappa shape index (κ3) is 2.94. The van der Waals surface area contributed by atoms with Gasteiger partial charge in [0, 0.05) is 17.7 Å². The molecule has 0 aliphatic heterocycles. The van der Waals surface area contributed by atoms with Gasteiger partial charge in [0.15, 0.2) is 5.43 Å². The molecule has 0 aliphatic carbocycles. The highest BCUT2D eigenvalue weighted by molar-refractivity contribution is 5.87. The fourth-order valence-corrected chi connectivity index (χ4v) is 2.56. The van der Waals surface area contributed by atoms with Gasteiger partial charge in [0.2, 0.25) is 0 Å². The number of methoxy groups -OCH3 is 1. The standard InChI is InChI=1S/C18H14O6/c1-23-13-4-2-10(3-5-13)15-9-14(20)18-11(7-17(21)22)6-12(19)8-16(18)24-15/h2-6,8-9,19H,7H2,1H3,(H,21,22). The number of ether oxygens (including phenoxy) is 1. The molecule has 6 nitrogen and oxygen atoms in total. The highest BCUT2D eigenvalue weighted by Crippen LogP contribution is 2.28. The first-order valence-electron chi connectivity index (χ1n) is 7.14. The van der Waals surface area contributed by atoms with Crippen molar-refractivity contribution in [3.63, 3.8) is 0 Å². The number of carboxylic acid groups (broad SMARTS) is 1. The van der Waals surface area contributed by atoms with E-state index in [1.165, 1.54) is 18.2 Å². The number of hydrogen-bond acceptors (Lipinski definition) is 5. The van der Waals surface area contributed by atoms with Crippen molar-refractivity contribution in [1.82, 2.24) is 0 Å². The zero-order chi connectivity index (χ0) is 17.3. The Morgan fingerprint density at radius 2 is 1.88 bits per heavy atom. The molecule has 0 aliphatic rings. The Morgan fingerprint density at radius 3 is 2.50 bits per heavy atom.